The van der Waals surface area contributed by atoms with Crippen molar-refractivity contribution in [3.63, 3.8) is 0 Å². The van der Waals surface area contributed by atoms with Gasteiger partial charge in [-0.25, -0.2) is 21.6 Å². The minimum absolute atomic E-state index is 0.0536. The van der Waals surface area contributed by atoms with Crippen LogP contribution < -0.4 is 5.32 Å². The van der Waals surface area contributed by atoms with Gasteiger partial charge in [0.2, 0.25) is 15.9 Å². The normalized spacial score (nSPS) is 16.8. The van der Waals surface area contributed by atoms with Gasteiger partial charge in [0.1, 0.15) is 17.7 Å². The zero-order valence-electron chi connectivity index (χ0n) is 24.7. The maximum atomic E-state index is 13.6. The van der Waals surface area contributed by atoms with Crippen molar-refractivity contribution in [2.45, 2.75) is 67.5 Å². The van der Waals surface area contributed by atoms with Gasteiger partial charge in [0, 0.05) is 34.8 Å². The molecule has 1 amide bonds. The van der Waals surface area contributed by atoms with E-state index in [0.717, 1.165) is 10.6 Å². The molecule has 0 saturated carbocycles. The SMILES string of the molecule is CC(C)(C)OC(=O)[C@H](Cc1ccc(-c2ccccc2S(C)(=O)=O)cc1)NC(=O)[C@@H]1CCCN1S(=O)(=O)c1cc(Cl)cc(Cl)c1. The minimum Gasteiger partial charge on any atom is -0.458 e. The second-order valence-electron chi connectivity index (χ2n) is 11.6. The molecule has 0 aliphatic carbocycles. The molecule has 0 bridgehead atoms. The fraction of sp³-hybridized carbons (Fsp3) is 0.355. The number of nitrogens with zero attached hydrogens (tertiary/aromatic N) is 1. The number of benzene rings is 3. The Hall–Kier alpha value is -2.96. The van der Waals surface area contributed by atoms with Crippen LogP contribution in [0.2, 0.25) is 10.0 Å². The number of halogens is 2. The molecule has 3 aromatic rings. The van der Waals surface area contributed by atoms with E-state index in [2.05, 4.69) is 5.32 Å². The third-order valence-electron chi connectivity index (χ3n) is 6.95. The van der Waals surface area contributed by atoms with Crippen LogP contribution in [0, 0.1) is 0 Å². The van der Waals surface area contributed by atoms with Crippen LogP contribution in [0.4, 0.5) is 0 Å². The molecule has 1 aliphatic heterocycles. The van der Waals surface area contributed by atoms with Gasteiger partial charge in [-0.1, -0.05) is 65.7 Å². The Morgan fingerprint density at radius 1 is 0.977 bits per heavy atom. The number of hydrogen-bond donors (Lipinski definition) is 1. The van der Waals surface area contributed by atoms with Crippen LogP contribution in [0.15, 0.2) is 76.5 Å². The van der Waals surface area contributed by atoms with E-state index in [1.54, 1.807) is 69.3 Å². The molecule has 44 heavy (non-hydrogen) atoms. The molecule has 1 saturated heterocycles. The van der Waals surface area contributed by atoms with Crippen LogP contribution in [0.5, 0.6) is 0 Å². The monoisotopic (exact) mass is 680 g/mol. The number of nitrogens with one attached hydrogen (secondary N) is 1. The molecule has 13 heteroatoms. The summed E-state index contributed by atoms with van der Waals surface area (Å²) in [5.41, 5.74) is 1.04. The predicted octanol–water partition coefficient (Wildman–Crippen LogP) is 5.29. The first-order valence-corrected chi connectivity index (χ1v) is 17.9. The molecular formula is C31H34Cl2N2O7S2. The molecule has 3 aromatic carbocycles. The van der Waals surface area contributed by atoms with Crippen molar-refractivity contribution in [3.8, 4) is 11.1 Å². The Kier molecular flexibility index (Phi) is 10.2. The van der Waals surface area contributed by atoms with Crippen molar-refractivity contribution in [3.05, 3.63) is 82.3 Å². The van der Waals surface area contributed by atoms with E-state index in [-0.39, 0.29) is 39.2 Å². The van der Waals surface area contributed by atoms with Gasteiger partial charge in [-0.15, -0.1) is 0 Å². The number of carbonyl (C=O) groups excluding carboxylic acids is 2. The number of rotatable bonds is 9. The second kappa shape index (κ2) is 13.2. The maximum absolute atomic E-state index is 13.6. The van der Waals surface area contributed by atoms with Gasteiger partial charge < -0.3 is 10.1 Å². The summed E-state index contributed by atoms with van der Waals surface area (Å²) in [7, 11) is -7.59. The molecule has 0 unspecified atom stereocenters. The number of sulfone groups is 1. The molecule has 0 spiro atoms. The Labute approximate surface area is 268 Å². The molecule has 9 nitrogen and oxygen atoms in total. The number of carbonyl (C=O) groups is 2. The van der Waals surface area contributed by atoms with E-state index in [1.165, 1.54) is 18.2 Å². The summed E-state index contributed by atoms with van der Waals surface area (Å²) < 4.78 is 58.2. The van der Waals surface area contributed by atoms with E-state index in [4.69, 9.17) is 27.9 Å². The third kappa shape index (κ3) is 8.19. The summed E-state index contributed by atoms with van der Waals surface area (Å²) >= 11 is 12.1. The third-order valence-corrected chi connectivity index (χ3v) is 10.4. The van der Waals surface area contributed by atoms with Crippen molar-refractivity contribution >= 4 is 54.9 Å². The number of amides is 1. The van der Waals surface area contributed by atoms with E-state index in [9.17, 15) is 26.4 Å². The summed E-state index contributed by atoms with van der Waals surface area (Å²) in [4.78, 5) is 26.9. The molecular weight excluding hydrogens is 647 g/mol. The molecule has 1 N–H and O–H groups in total. The number of ether oxygens (including phenoxy) is 1. The quantitative estimate of drug-likeness (QED) is 0.305. The Bertz CT molecular complexity index is 1750. The topological polar surface area (TPSA) is 127 Å². The summed E-state index contributed by atoms with van der Waals surface area (Å²) in [5.74, 6) is -1.31. The lowest BCUT2D eigenvalue weighted by atomic mass is 10.00. The highest BCUT2D eigenvalue weighted by molar-refractivity contribution is 7.90. The standard InChI is InChI=1S/C31H34Cl2N2O7S2/c1-31(2,3)42-30(37)26(16-20-11-13-21(14-12-20)25-8-5-6-10-28(25)43(4,38)39)34-29(36)27-9-7-15-35(27)44(40,41)24-18-22(32)17-23(33)19-24/h5-6,8,10-14,17-19,26-27H,7,9,15-16H2,1-4H3,(H,34,36)/t26-,27-/m0/s1. The first-order chi connectivity index (χ1) is 20.5. The highest BCUT2D eigenvalue weighted by Crippen LogP contribution is 2.31. The minimum atomic E-state index is -4.12. The Morgan fingerprint density at radius 3 is 2.18 bits per heavy atom. The van der Waals surface area contributed by atoms with E-state index in [0.29, 0.717) is 23.1 Å². The highest BCUT2D eigenvalue weighted by Gasteiger charge is 2.41. The summed E-state index contributed by atoms with van der Waals surface area (Å²) in [6, 6.07) is 15.4. The molecule has 0 aromatic heterocycles. The van der Waals surface area contributed by atoms with E-state index < -0.39 is 49.4 Å². The van der Waals surface area contributed by atoms with Gasteiger partial charge in [0.15, 0.2) is 9.84 Å². The van der Waals surface area contributed by atoms with E-state index >= 15 is 0 Å². The first-order valence-electron chi connectivity index (χ1n) is 13.9. The van der Waals surface area contributed by atoms with Crippen molar-refractivity contribution in [2.24, 2.45) is 0 Å². The number of esters is 1. The zero-order valence-corrected chi connectivity index (χ0v) is 27.9. The van der Waals surface area contributed by atoms with Gasteiger partial charge in [-0.3, -0.25) is 4.79 Å². The highest BCUT2D eigenvalue weighted by atomic mass is 35.5. The van der Waals surface area contributed by atoms with Gasteiger partial charge >= 0.3 is 5.97 Å². The fourth-order valence-corrected chi connectivity index (χ4v) is 8.32. The van der Waals surface area contributed by atoms with Crippen LogP contribution in [0.3, 0.4) is 0 Å². The molecule has 0 radical (unpaired) electrons. The summed E-state index contributed by atoms with van der Waals surface area (Å²) in [6.07, 6.45) is 1.90. The average molecular weight is 682 g/mol. The van der Waals surface area contributed by atoms with Crippen molar-refractivity contribution in [1.82, 2.24) is 9.62 Å². The summed E-state index contributed by atoms with van der Waals surface area (Å²) in [6.45, 7) is 5.23. The molecule has 2 atom stereocenters. The fourth-order valence-electron chi connectivity index (χ4n) is 5.02. The predicted molar refractivity (Wildman–Crippen MR) is 170 cm³/mol. The Balaban J connectivity index is 1.58. The van der Waals surface area contributed by atoms with Crippen molar-refractivity contribution < 1.29 is 31.2 Å². The number of sulfonamides is 1. The number of hydrogen-bond acceptors (Lipinski definition) is 7. The van der Waals surface area contributed by atoms with Crippen molar-refractivity contribution in [2.75, 3.05) is 12.8 Å². The maximum Gasteiger partial charge on any atom is 0.329 e. The summed E-state index contributed by atoms with van der Waals surface area (Å²) in [5, 5.41) is 3.02. The lowest BCUT2D eigenvalue weighted by molar-refractivity contribution is -0.158. The van der Waals surface area contributed by atoms with Crippen LogP contribution >= 0.6 is 23.2 Å². The first kappa shape index (κ1) is 33.9. The van der Waals surface area contributed by atoms with Crippen LogP contribution in [-0.4, -0.2) is 63.5 Å². The van der Waals surface area contributed by atoms with Gasteiger partial charge in [0.25, 0.3) is 0 Å². The Morgan fingerprint density at radius 2 is 1.59 bits per heavy atom. The molecule has 236 valence electrons. The smallest absolute Gasteiger partial charge is 0.329 e. The molecule has 1 heterocycles. The second-order valence-corrected chi connectivity index (χ2v) is 16.4. The molecule has 1 fully saturated rings. The van der Waals surface area contributed by atoms with E-state index in [1.807, 2.05) is 0 Å². The van der Waals surface area contributed by atoms with Gasteiger partial charge in [-0.05, 0) is 69.0 Å². The van der Waals surface area contributed by atoms with Crippen LogP contribution in [-0.2, 0) is 40.6 Å². The molecule has 4 rings (SSSR count). The molecule has 1 aliphatic rings. The lowest BCUT2D eigenvalue weighted by Gasteiger charge is -2.28. The average Bonchev–Trinajstić information content (AvgIpc) is 3.42. The van der Waals surface area contributed by atoms with Crippen LogP contribution in [0.25, 0.3) is 11.1 Å². The zero-order chi connectivity index (χ0) is 32.4. The van der Waals surface area contributed by atoms with Crippen LogP contribution in [0.1, 0.15) is 39.2 Å². The van der Waals surface area contributed by atoms with Crippen molar-refractivity contribution in [1.29, 1.82) is 0 Å². The largest absolute Gasteiger partial charge is 0.458 e. The lowest BCUT2D eigenvalue weighted by Crippen LogP contribution is -2.52. The van der Waals surface area contributed by atoms with Gasteiger partial charge in [0.05, 0.1) is 9.79 Å². The van der Waals surface area contributed by atoms with Gasteiger partial charge in [-0.2, -0.15) is 4.31 Å².